The molecule has 1 atom stereocenters. The molecule has 2 fully saturated rings. The third-order valence-corrected chi connectivity index (χ3v) is 5.61. The first-order valence-electron chi connectivity index (χ1n) is 9.30. The molecule has 9 nitrogen and oxygen atoms in total. The van der Waals surface area contributed by atoms with E-state index < -0.39 is 5.41 Å². The van der Waals surface area contributed by atoms with E-state index in [1.54, 1.807) is 23.2 Å². The van der Waals surface area contributed by atoms with Gasteiger partial charge in [-0.2, -0.15) is 4.68 Å². The summed E-state index contributed by atoms with van der Waals surface area (Å²) >= 11 is 0. The van der Waals surface area contributed by atoms with Crippen LogP contribution >= 0.6 is 0 Å². The fraction of sp³-hybridized carbons (Fsp3) is 0.556. The van der Waals surface area contributed by atoms with Gasteiger partial charge >= 0.3 is 0 Å². The fourth-order valence-corrected chi connectivity index (χ4v) is 4.14. The number of rotatable bonds is 3. The summed E-state index contributed by atoms with van der Waals surface area (Å²) in [4.78, 5) is 34.0. The Morgan fingerprint density at radius 2 is 2.11 bits per heavy atom. The summed E-state index contributed by atoms with van der Waals surface area (Å²) in [6.45, 7) is 5.99. The van der Waals surface area contributed by atoms with Gasteiger partial charge in [0.25, 0.3) is 5.91 Å². The summed E-state index contributed by atoms with van der Waals surface area (Å²) in [7, 11) is 0. The van der Waals surface area contributed by atoms with Gasteiger partial charge < -0.3 is 9.80 Å². The molecule has 9 heteroatoms. The Bertz CT molecular complexity index is 851. The predicted octanol–water partition coefficient (Wildman–Crippen LogP) is 0.920. The van der Waals surface area contributed by atoms with Gasteiger partial charge in [0.05, 0.1) is 5.41 Å². The molecular formula is C18H23N7O2. The van der Waals surface area contributed by atoms with Gasteiger partial charge in [0, 0.05) is 37.4 Å². The molecule has 1 spiro atoms. The van der Waals surface area contributed by atoms with Crippen molar-refractivity contribution in [3.8, 4) is 5.82 Å². The van der Waals surface area contributed by atoms with Crippen molar-refractivity contribution in [2.75, 3.05) is 19.6 Å². The van der Waals surface area contributed by atoms with E-state index in [1.807, 2.05) is 18.7 Å². The van der Waals surface area contributed by atoms with Gasteiger partial charge in [-0.1, -0.05) is 0 Å². The van der Waals surface area contributed by atoms with Crippen LogP contribution in [0.4, 0.5) is 0 Å². The van der Waals surface area contributed by atoms with E-state index in [-0.39, 0.29) is 17.9 Å². The summed E-state index contributed by atoms with van der Waals surface area (Å²) < 4.78 is 1.41. The summed E-state index contributed by atoms with van der Waals surface area (Å²) in [6, 6.07) is 3.55. The molecule has 2 saturated heterocycles. The van der Waals surface area contributed by atoms with Gasteiger partial charge in [0.2, 0.25) is 5.91 Å². The molecule has 0 radical (unpaired) electrons. The average molecular weight is 369 g/mol. The van der Waals surface area contributed by atoms with Crippen LogP contribution < -0.4 is 0 Å². The highest BCUT2D eigenvalue weighted by atomic mass is 16.2. The second kappa shape index (κ2) is 6.71. The van der Waals surface area contributed by atoms with Crippen molar-refractivity contribution < 1.29 is 9.59 Å². The Morgan fingerprint density at radius 1 is 1.26 bits per heavy atom. The molecule has 142 valence electrons. The van der Waals surface area contributed by atoms with E-state index in [4.69, 9.17) is 0 Å². The van der Waals surface area contributed by atoms with Crippen molar-refractivity contribution in [1.82, 2.24) is 35.0 Å². The molecule has 27 heavy (non-hydrogen) atoms. The first kappa shape index (κ1) is 17.6. The highest BCUT2D eigenvalue weighted by molar-refractivity contribution is 5.95. The highest BCUT2D eigenvalue weighted by Crippen LogP contribution is 2.41. The molecule has 0 aliphatic carbocycles. The average Bonchev–Trinajstić information content (AvgIpc) is 3.34. The number of pyridine rings is 1. The number of amides is 2. The molecule has 2 aromatic heterocycles. The molecule has 0 bridgehead atoms. The quantitative estimate of drug-likeness (QED) is 0.798. The van der Waals surface area contributed by atoms with Crippen LogP contribution in [0.2, 0.25) is 0 Å². The van der Waals surface area contributed by atoms with E-state index in [2.05, 4.69) is 20.5 Å². The third-order valence-electron chi connectivity index (χ3n) is 5.61. The number of likely N-dealkylation sites (tertiary alicyclic amines) is 2. The lowest BCUT2D eigenvalue weighted by Gasteiger charge is -2.41. The zero-order valence-corrected chi connectivity index (χ0v) is 15.6. The van der Waals surface area contributed by atoms with E-state index >= 15 is 0 Å². The maximum Gasteiger partial charge on any atom is 0.254 e. The van der Waals surface area contributed by atoms with Crippen molar-refractivity contribution in [3.05, 3.63) is 30.2 Å². The van der Waals surface area contributed by atoms with E-state index in [0.717, 1.165) is 25.8 Å². The second-order valence-corrected chi connectivity index (χ2v) is 7.61. The molecule has 0 N–H and O–H groups in total. The van der Waals surface area contributed by atoms with Gasteiger partial charge in [-0.3, -0.25) is 9.59 Å². The molecule has 4 rings (SSSR count). The Morgan fingerprint density at radius 3 is 2.85 bits per heavy atom. The SMILES string of the molecule is CC(C)N1CCC[C@]2(CCN(C(=O)c3ccnc(-n4cnnn4)c3)C2)C1=O. The molecular weight excluding hydrogens is 346 g/mol. The Labute approximate surface area is 157 Å². The van der Waals surface area contributed by atoms with Gasteiger partial charge in [-0.05, 0) is 55.7 Å². The topological polar surface area (TPSA) is 97.1 Å². The molecule has 2 amide bonds. The van der Waals surface area contributed by atoms with Crippen LogP contribution in [-0.4, -0.2) is 72.5 Å². The summed E-state index contributed by atoms with van der Waals surface area (Å²) in [5.41, 5.74) is 0.0978. The molecule has 0 aromatic carbocycles. The molecule has 4 heterocycles. The van der Waals surface area contributed by atoms with Crippen LogP contribution in [0, 0.1) is 5.41 Å². The van der Waals surface area contributed by atoms with Crippen molar-refractivity contribution >= 4 is 11.8 Å². The fourth-order valence-electron chi connectivity index (χ4n) is 4.14. The normalized spacial score (nSPS) is 22.9. The summed E-state index contributed by atoms with van der Waals surface area (Å²) in [5.74, 6) is 0.598. The molecule has 2 aliphatic rings. The van der Waals surface area contributed by atoms with Crippen molar-refractivity contribution in [2.24, 2.45) is 5.41 Å². The minimum atomic E-state index is -0.427. The second-order valence-electron chi connectivity index (χ2n) is 7.61. The summed E-state index contributed by atoms with van der Waals surface area (Å²) in [6.07, 6.45) is 5.58. The zero-order valence-electron chi connectivity index (χ0n) is 15.6. The Balaban J connectivity index is 1.53. The molecule has 0 saturated carbocycles. The van der Waals surface area contributed by atoms with E-state index in [0.29, 0.717) is 24.5 Å². The highest BCUT2D eigenvalue weighted by Gasteiger charge is 2.49. The van der Waals surface area contributed by atoms with E-state index in [9.17, 15) is 9.59 Å². The monoisotopic (exact) mass is 369 g/mol. The van der Waals surface area contributed by atoms with Gasteiger partial charge in [0.1, 0.15) is 6.33 Å². The van der Waals surface area contributed by atoms with Gasteiger partial charge in [-0.15, -0.1) is 5.10 Å². The number of carbonyl (C=O) groups excluding carboxylic acids is 2. The lowest BCUT2D eigenvalue weighted by atomic mass is 9.78. The van der Waals surface area contributed by atoms with Crippen LogP contribution in [0.25, 0.3) is 5.82 Å². The number of carbonyl (C=O) groups is 2. The predicted molar refractivity (Wildman–Crippen MR) is 96.0 cm³/mol. The largest absolute Gasteiger partial charge is 0.340 e. The van der Waals surface area contributed by atoms with Crippen molar-refractivity contribution in [3.63, 3.8) is 0 Å². The first-order chi connectivity index (χ1) is 13.0. The first-order valence-corrected chi connectivity index (χ1v) is 9.30. The maximum atomic E-state index is 13.1. The molecule has 0 unspecified atom stereocenters. The Kier molecular flexibility index (Phi) is 4.37. The van der Waals surface area contributed by atoms with Crippen LogP contribution in [0.5, 0.6) is 0 Å². The number of nitrogens with zero attached hydrogens (tertiary/aromatic N) is 7. The minimum absolute atomic E-state index is 0.0851. The smallest absolute Gasteiger partial charge is 0.254 e. The van der Waals surface area contributed by atoms with Crippen LogP contribution in [-0.2, 0) is 4.79 Å². The molecule has 2 aliphatic heterocycles. The standard InChI is InChI=1S/C18H23N7O2/c1-13(2)24-8-3-5-18(17(24)27)6-9-23(11-18)16(26)14-4-7-19-15(10-14)25-12-20-21-22-25/h4,7,10,12-13H,3,5-6,8-9,11H2,1-2H3/t18-/m1/s1. The number of piperidine rings is 1. The number of hydrogen-bond acceptors (Lipinski definition) is 6. The zero-order chi connectivity index (χ0) is 19.0. The lowest BCUT2D eigenvalue weighted by Crippen LogP contribution is -2.52. The summed E-state index contributed by atoms with van der Waals surface area (Å²) in [5, 5.41) is 11.0. The number of tetrazole rings is 1. The number of hydrogen-bond donors (Lipinski definition) is 0. The number of aromatic nitrogens is 5. The maximum absolute atomic E-state index is 13.1. The third kappa shape index (κ3) is 3.07. The van der Waals surface area contributed by atoms with Crippen LogP contribution in [0.15, 0.2) is 24.7 Å². The Hall–Kier alpha value is -2.84. The van der Waals surface area contributed by atoms with Crippen molar-refractivity contribution in [1.29, 1.82) is 0 Å². The van der Waals surface area contributed by atoms with Crippen LogP contribution in [0.1, 0.15) is 43.5 Å². The molecule has 2 aromatic rings. The van der Waals surface area contributed by atoms with E-state index in [1.165, 1.54) is 11.0 Å². The van der Waals surface area contributed by atoms with Crippen molar-refractivity contribution in [2.45, 2.75) is 39.2 Å². The van der Waals surface area contributed by atoms with Crippen LogP contribution in [0.3, 0.4) is 0 Å². The van der Waals surface area contributed by atoms with Gasteiger partial charge in [-0.25, -0.2) is 4.98 Å². The lowest BCUT2D eigenvalue weighted by molar-refractivity contribution is -0.147. The minimum Gasteiger partial charge on any atom is -0.340 e. The van der Waals surface area contributed by atoms with Gasteiger partial charge in [0.15, 0.2) is 5.82 Å².